The standard InChI is InChI=1S/C17H17N3O/c18-10-16-15(13-4-2-1-3-5-13)9-14(20-17(16)19)8-12-6-7-21-11-12/h1-5,9,12H,6-8,11H2,(H2,19,20)/t12-/m1/s1. The van der Waals surface area contributed by atoms with Crippen LogP contribution in [-0.2, 0) is 11.2 Å². The Balaban J connectivity index is 2.00. The van der Waals surface area contributed by atoms with Gasteiger partial charge in [-0.25, -0.2) is 4.98 Å². The molecule has 1 atom stereocenters. The van der Waals surface area contributed by atoms with Crippen LogP contribution >= 0.6 is 0 Å². The van der Waals surface area contributed by atoms with E-state index >= 15 is 0 Å². The zero-order chi connectivity index (χ0) is 14.7. The minimum atomic E-state index is 0.313. The van der Waals surface area contributed by atoms with Crippen LogP contribution in [-0.4, -0.2) is 18.2 Å². The molecule has 0 unspecified atom stereocenters. The molecule has 1 aliphatic rings. The number of benzene rings is 1. The molecule has 1 aromatic heterocycles. The first kappa shape index (κ1) is 13.6. The molecule has 21 heavy (non-hydrogen) atoms. The monoisotopic (exact) mass is 279 g/mol. The number of nitrogens with zero attached hydrogens (tertiary/aromatic N) is 2. The van der Waals surface area contributed by atoms with Gasteiger partial charge in [0.2, 0.25) is 0 Å². The number of ether oxygens (including phenoxy) is 1. The lowest BCUT2D eigenvalue weighted by Crippen LogP contribution is -2.08. The fourth-order valence-electron chi connectivity index (χ4n) is 2.73. The van der Waals surface area contributed by atoms with Crippen molar-refractivity contribution in [3.63, 3.8) is 0 Å². The van der Waals surface area contributed by atoms with Crippen molar-refractivity contribution < 1.29 is 4.74 Å². The number of hydrogen-bond donors (Lipinski definition) is 1. The molecule has 2 heterocycles. The van der Waals surface area contributed by atoms with Gasteiger partial charge in [0.25, 0.3) is 0 Å². The van der Waals surface area contributed by atoms with E-state index in [1.54, 1.807) is 0 Å². The molecule has 1 aliphatic heterocycles. The number of nitrogen functional groups attached to an aromatic ring is 1. The summed E-state index contributed by atoms with van der Waals surface area (Å²) < 4.78 is 5.41. The van der Waals surface area contributed by atoms with E-state index < -0.39 is 0 Å². The predicted octanol–water partition coefficient (Wildman–Crippen LogP) is 2.78. The first-order chi connectivity index (χ1) is 10.3. The summed E-state index contributed by atoms with van der Waals surface area (Å²) in [4.78, 5) is 4.39. The molecule has 1 aromatic carbocycles. The van der Waals surface area contributed by atoms with Crippen molar-refractivity contribution in [2.45, 2.75) is 12.8 Å². The van der Waals surface area contributed by atoms with Gasteiger partial charge in [0, 0.05) is 24.5 Å². The van der Waals surface area contributed by atoms with Crippen LogP contribution in [0.3, 0.4) is 0 Å². The number of nitriles is 1. The maximum atomic E-state index is 9.35. The third-order valence-corrected chi connectivity index (χ3v) is 3.82. The van der Waals surface area contributed by atoms with Crippen LogP contribution in [0.4, 0.5) is 5.82 Å². The summed E-state index contributed by atoms with van der Waals surface area (Å²) in [6.45, 7) is 1.60. The second-order valence-corrected chi connectivity index (χ2v) is 5.33. The summed E-state index contributed by atoms with van der Waals surface area (Å²) in [6.07, 6.45) is 1.90. The van der Waals surface area contributed by atoms with Crippen LogP contribution in [0, 0.1) is 17.2 Å². The highest BCUT2D eigenvalue weighted by atomic mass is 16.5. The molecule has 4 nitrogen and oxygen atoms in total. The normalized spacial score (nSPS) is 17.6. The molecule has 106 valence electrons. The van der Waals surface area contributed by atoms with Crippen molar-refractivity contribution in [3.05, 3.63) is 47.7 Å². The number of rotatable bonds is 3. The van der Waals surface area contributed by atoms with Gasteiger partial charge in [-0.15, -0.1) is 0 Å². The van der Waals surface area contributed by atoms with Gasteiger partial charge in [-0.1, -0.05) is 30.3 Å². The topological polar surface area (TPSA) is 71.9 Å². The molecule has 1 saturated heterocycles. The van der Waals surface area contributed by atoms with Crippen molar-refractivity contribution in [1.82, 2.24) is 4.98 Å². The van der Waals surface area contributed by atoms with E-state index in [-0.39, 0.29) is 0 Å². The van der Waals surface area contributed by atoms with Gasteiger partial charge in [-0.3, -0.25) is 0 Å². The van der Waals surface area contributed by atoms with Crippen LogP contribution in [0.25, 0.3) is 11.1 Å². The third-order valence-electron chi connectivity index (χ3n) is 3.82. The average molecular weight is 279 g/mol. The quantitative estimate of drug-likeness (QED) is 0.937. The molecule has 0 aliphatic carbocycles. The molecule has 1 fully saturated rings. The first-order valence-corrected chi connectivity index (χ1v) is 7.10. The smallest absolute Gasteiger partial charge is 0.142 e. The second-order valence-electron chi connectivity index (χ2n) is 5.33. The van der Waals surface area contributed by atoms with Crippen LogP contribution in [0.1, 0.15) is 17.7 Å². The van der Waals surface area contributed by atoms with E-state index in [2.05, 4.69) is 11.1 Å². The van der Waals surface area contributed by atoms with Crippen LogP contribution in [0.15, 0.2) is 36.4 Å². The van der Waals surface area contributed by atoms with Gasteiger partial charge in [0.1, 0.15) is 17.5 Å². The van der Waals surface area contributed by atoms with Gasteiger partial charge in [0.15, 0.2) is 0 Å². The van der Waals surface area contributed by atoms with Crippen molar-refractivity contribution in [2.24, 2.45) is 5.92 Å². The minimum Gasteiger partial charge on any atom is -0.383 e. The number of pyridine rings is 1. The first-order valence-electron chi connectivity index (χ1n) is 7.10. The van der Waals surface area contributed by atoms with E-state index in [1.165, 1.54) is 0 Å². The number of anilines is 1. The Labute approximate surface area is 124 Å². The van der Waals surface area contributed by atoms with Crippen molar-refractivity contribution >= 4 is 5.82 Å². The summed E-state index contributed by atoms with van der Waals surface area (Å²) in [6, 6.07) is 14.0. The fraction of sp³-hybridized carbons (Fsp3) is 0.294. The Morgan fingerprint density at radius 3 is 2.81 bits per heavy atom. The van der Waals surface area contributed by atoms with E-state index in [4.69, 9.17) is 10.5 Å². The van der Waals surface area contributed by atoms with Gasteiger partial charge < -0.3 is 10.5 Å². The molecule has 0 bridgehead atoms. The number of aromatic nitrogens is 1. The predicted molar refractivity (Wildman–Crippen MR) is 81.4 cm³/mol. The van der Waals surface area contributed by atoms with Crippen molar-refractivity contribution in [3.8, 4) is 17.2 Å². The average Bonchev–Trinajstić information content (AvgIpc) is 3.00. The lowest BCUT2D eigenvalue weighted by molar-refractivity contribution is 0.185. The number of hydrogen-bond acceptors (Lipinski definition) is 4. The summed E-state index contributed by atoms with van der Waals surface area (Å²) in [7, 11) is 0. The molecular weight excluding hydrogens is 262 g/mol. The highest BCUT2D eigenvalue weighted by Crippen LogP contribution is 2.28. The molecule has 0 radical (unpaired) electrons. The van der Waals surface area contributed by atoms with E-state index in [9.17, 15) is 5.26 Å². The van der Waals surface area contributed by atoms with Crippen molar-refractivity contribution in [1.29, 1.82) is 5.26 Å². The Morgan fingerprint density at radius 2 is 2.14 bits per heavy atom. The molecule has 0 amide bonds. The summed E-state index contributed by atoms with van der Waals surface area (Å²) in [5.74, 6) is 0.807. The zero-order valence-electron chi connectivity index (χ0n) is 11.7. The largest absolute Gasteiger partial charge is 0.383 e. The Bertz CT molecular complexity index is 670. The van der Waals surface area contributed by atoms with Crippen molar-refractivity contribution in [2.75, 3.05) is 18.9 Å². The molecular formula is C17H17N3O. The summed E-state index contributed by atoms with van der Waals surface area (Å²) >= 11 is 0. The Hall–Kier alpha value is -2.38. The lowest BCUT2D eigenvalue weighted by atomic mass is 9.96. The summed E-state index contributed by atoms with van der Waals surface area (Å²) in [5.41, 5.74) is 9.22. The Kier molecular flexibility index (Phi) is 3.85. The third kappa shape index (κ3) is 2.88. The van der Waals surface area contributed by atoms with Crippen LogP contribution in [0.5, 0.6) is 0 Å². The van der Waals surface area contributed by atoms with Gasteiger partial charge in [-0.05, 0) is 30.4 Å². The van der Waals surface area contributed by atoms with Gasteiger partial charge >= 0.3 is 0 Å². The fourth-order valence-corrected chi connectivity index (χ4v) is 2.73. The molecule has 0 saturated carbocycles. The molecule has 4 heteroatoms. The SMILES string of the molecule is N#Cc1c(-c2ccccc2)cc(C[C@H]2CCOC2)nc1N. The number of nitrogens with two attached hydrogens (primary N) is 1. The maximum absolute atomic E-state index is 9.35. The van der Waals surface area contributed by atoms with Crippen LogP contribution in [0.2, 0.25) is 0 Å². The highest BCUT2D eigenvalue weighted by molar-refractivity contribution is 5.75. The van der Waals surface area contributed by atoms with Gasteiger partial charge in [-0.2, -0.15) is 5.26 Å². The zero-order valence-corrected chi connectivity index (χ0v) is 11.7. The molecule has 3 rings (SSSR count). The van der Waals surface area contributed by atoms with E-state index in [1.807, 2.05) is 36.4 Å². The molecule has 0 spiro atoms. The Morgan fingerprint density at radius 1 is 1.33 bits per heavy atom. The lowest BCUT2D eigenvalue weighted by Gasteiger charge is -2.12. The van der Waals surface area contributed by atoms with Gasteiger partial charge in [0.05, 0.1) is 0 Å². The van der Waals surface area contributed by atoms with Crippen LogP contribution < -0.4 is 5.73 Å². The molecule has 2 aromatic rings. The van der Waals surface area contributed by atoms with E-state index in [0.29, 0.717) is 17.3 Å². The molecule has 2 N–H and O–H groups in total. The second kappa shape index (κ2) is 5.94. The highest BCUT2D eigenvalue weighted by Gasteiger charge is 2.19. The maximum Gasteiger partial charge on any atom is 0.142 e. The minimum absolute atomic E-state index is 0.313. The van der Waals surface area contributed by atoms with E-state index in [0.717, 1.165) is 42.9 Å². The summed E-state index contributed by atoms with van der Waals surface area (Å²) in [5, 5.41) is 9.35.